The molecule has 0 fully saturated rings. The van der Waals surface area contributed by atoms with Crippen LogP contribution in [0.3, 0.4) is 0 Å². The third-order valence-electron chi connectivity index (χ3n) is 1.53. The van der Waals surface area contributed by atoms with Crippen LogP contribution in [-0.2, 0) is 0 Å². The van der Waals surface area contributed by atoms with Gasteiger partial charge in [0.2, 0.25) is 0 Å². The van der Waals surface area contributed by atoms with Gasteiger partial charge in [-0.25, -0.2) is 4.79 Å². The number of nitrogens with zero attached hydrogens (tertiary/aromatic N) is 1. The Bertz CT molecular complexity index is 353. The molecular weight excluding hydrogens is 248 g/mol. The zero-order valence-corrected chi connectivity index (χ0v) is 9.54. The summed E-state index contributed by atoms with van der Waals surface area (Å²) in [7, 11) is 3.22. The average Bonchev–Trinajstić information content (AvgIpc) is 2.09. The molecule has 0 unspecified atom stereocenters. The number of carbonyl (C=O) groups is 1. The number of hydrogen-bond donors (Lipinski definition) is 1. The number of amides is 1. The predicted octanol–water partition coefficient (Wildman–Crippen LogP) is 2.09. The molecule has 1 aromatic carbocycles. The number of benzene rings is 1. The molecule has 0 radical (unpaired) electrons. The molecule has 1 aromatic rings. The highest BCUT2D eigenvalue weighted by Gasteiger charge is 2.09. The Morgan fingerprint density at radius 1 is 1.50 bits per heavy atom. The van der Waals surface area contributed by atoms with Crippen LogP contribution in [0.25, 0.3) is 0 Å². The van der Waals surface area contributed by atoms with Gasteiger partial charge >= 0.3 is 6.09 Å². The first-order valence-electron chi connectivity index (χ1n) is 3.95. The summed E-state index contributed by atoms with van der Waals surface area (Å²) < 4.78 is 5.85. The Balaban J connectivity index is 2.82. The summed E-state index contributed by atoms with van der Waals surface area (Å²) in [6.07, 6.45) is -0.445. The van der Waals surface area contributed by atoms with Gasteiger partial charge in [-0.2, -0.15) is 0 Å². The van der Waals surface area contributed by atoms with Crippen LogP contribution in [0.4, 0.5) is 10.5 Å². The lowest BCUT2D eigenvalue weighted by molar-refractivity contribution is 0.172. The summed E-state index contributed by atoms with van der Waals surface area (Å²) >= 11 is 3.26. The molecule has 2 N–H and O–H groups in total. The summed E-state index contributed by atoms with van der Waals surface area (Å²) in [4.78, 5) is 12.5. The first-order valence-corrected chi connectivity index (χ1v) is 4.74. The SMILES string of the molecule is CN(C)C(=O)Oc1ccc(Br)cc1N. The number of nitrogens with two attached hydrogens (primary N) is 1. The monoisotopic (exact) mass is 258 g/mol. The van der Waals surface area contributed by atoms with Crippen LogP contribution in [0, 0.1) is 0 Å². The first-order chi connectivity index (χ1) is 6.50. The lowest BCUT2D eigenvalue weighted by Crippen LogP contribution is -2.25. The fourth-order valence-corrected chi connectivity index (χ4v) is 1.18. The van der Waals surface area contributed by atoms with Gasteiger partial charge in [-0.1, -0.05) is 15.9 Å². The van der Waals surface area contributed by atoms with E-state index in [4.69, 9.17) is 10.5 Å². The summed E-state index contributed by atoms with van der Waals surface area (Å²) in [5, 5.41) is 0. The first kappa shape index (κ1) is 10.8. The molecular formula is C9H11BrN2O2. The zero-order chi connectivity index (χ0) is 10.7. The fourth-order valence-electron chi connectivity index (χ4n) is 0.798. The van der Waals surface area contributed by atoms with Crippen molar-refractivity contribution in [3.63, 3.8) is 0 Å². The van der Waals surface area contributed by atoms with Gasteiger partial charge < -0.3 is 15.4 Å². The molecule has 76 valence electrons. The van der Waals surface area contributed by atoms with E-state index in [1.807, 2.05) is 0 Å². The largest absolute Gasteiger partial charge is 0.414 e. The van der Waals surface area contributed by atoms with E-state index in [1.165, 1.54) is 4.90 Å². The molecule has 0 aromatic heterocycles. The number of ether oxygens (including phenoxy) is 1. The number of anilines is 1. The van der Waals surface area contributed by atoms with Crippen molar-refractivity contribution in [1.29, 1.82) is 0 Å². The van der Waals surface area contributed by atoms with Crippen LogP contribution in [0.5, 0.6) is 5.75 Å². The predicted molar refractivity (Wildman–Crippen MR) is 58.3 cm³/mol. The Morgan fingerprint density at radius 2 is 2.14 bits per heavy atom. The number of nitrogen functional groups attached to an aromatic ring is 1. The molecule has 0 saturated heterocycles. The van der Waals surface area contributed by atoms with Gasteiger partial charge in [-0.15, -0.1) is 0 Å². The molecule has 0 bridgehead atoms. The van der Waals surface area contributed by atoms with Crippen molar-refractivity contribution < 1.29 is 9.53 Å². The van der Waals surface area contributed by atoms with E-state index in [2.05, 4.69) is 15.9 Å². The lowest BCUT2D eigenvalue weighted by Gasteiger charge is -2.12. The Morgan fingerprint density at radius 3 is 2.64 bits per heavy atom. The van der Waals surface area contributed by atoms with Crippen LogP contribution in [0.15, 0.2) is 22.7 Å². The molecule has 4 nitrogen and oxygen atoms in total. The zero-order valence-electron chi connectivity index (χ0n) is 7.95. The van der Waals surface area contributed by atoms with Crippen LogP contribution >= 0.6 is 15.9 Å². The standard InChI is InChI=1S/C9H11BrN2O2/c1-12(2)9(13)14-8-4-3-6(10)5-7(8)11/h3-5H,11H2,1-2H3. The van der Waals surface area contributed by atoms with E-state index in [0.717, 1.165) is 4.47 Å². The normalized spacial score (nSPS) is 9.64. The van der Waals surface area contributed by atoms with E-state index in [9.17, 15) is 4.79 Å². The number of halogens is 1. The smallest absolute Gasteiger partial charge is 0.408 e. The molecule has 0 saturated carbocycles. The Kier molecular flexibility index (Phi) is 3.35. The average molecular weight is 259 g/mol. The van der Waals surface area contributed by atoms with Crippen LogP contribution in [0.2, 0.25) is 0 Å². The second-order valence-electron chi connectivity index (χ2n) is 2.94. The van der Waals surface area contributed by atoms with Gasteiger partial charge in [0.05, 0.1) is 5.69 Å². The summed E-state index contributed by atoms with van der Waals surface area (Å²) in [6, 6.07) is 5.08. The molecule has 14 heavy (non-hydrogen) atoms. The van der Waals surface area contributed by atoms with Crippen molar-refractivity contribution in [3.05, 3.63) is 22.7 Å². The number of carbonyl (C=O) groups excluding carboxylic acids is 1. The molecule has 0 heterocycles. The summed E-state index contributed by atoms with van der Waals surface area (Å²) in [5.74, 6) is 0.368. The number of rotatable bonds is 1. The molecule has 0 aliphatic rings. The van der Waals surface area contributed by atoms with Gasteiger partial charge in [0.25, 0.3) is 0 Å². The minimum absolute atomic E-state index is 0.368. The highest BCUT2D eigenvalue weighted by molar-refractivity contribution is 9.10. The molecule has 0 atom stereocenters. The van der Waals surface area contributed by atoms with Crippen molar-refractivity contribution >= 4 is 27.7 Å². The van der Waals surface area contributed by atoms with Crippen LogP contribution in [-0.4, -0.2) is 25.1 Å². The maximum Gasteiger partial charge on any atom is 0.414 e. The molecule has 1 rings (SSSR count). The highest BCUT2D eigenvalue weighted by Crippen LogP contribution is 2.25. The molecule has 0 spiro atoms. The summed E-state index contributed by atoms with van der Waals surface area (Å²) in [6.45, 7) is 0. The highest BCUT2D eigenvalue weighted by atomic mass is 79.9. The topological polar surface area (TPSA) is 55.6 Å². The second-order valence-corrected chi connectivity index (χ2v) is 3.86. The van der Waals surface area contributed by atoms with Crippen molar-refractivity contribution in [2.24, 2.45) is 0 Å². The van der Waals surface area contributed by atoms with Crippen molar-refractivity contribution in [3.8, 4) is 5.75 Å². The maximum absolute atomic E-state index is 11.2. The number of hydrogen-bond acceptors (Lipinski definition) is 3. The van der Waals surface area contributed by atoms with E-state index in [0.29, 0.717) is 11.4 Å². The minimum atomic E-state index is -0.445. The van der Waals surface area contributed by atoms with E-state index >= 15 is 0 Å². The Labute approximate surface area is 90.8 Å². The quantitative estimate of drug-likeness (QED) is 0.785. The van der Waals surface area contributed by atoms with Gasteiger partial charge in [0.15, 0.2) is 5.75 Å². The van der Waals surface area contributed by atoms with Gasteiger partial charge in [0.1, 0.15) is 0 Å². The van der Waals surface area contributed by atoms with E-state index < -0.39 is 6.09 Å². The van der Waals surface area contributed by atoms with E-state index in [1.54, 1.807) is 32.3 Å². The Hall–Kier alpha value is -1.23. The maximum atomic E-state index is 11.2. The van der Waals surface area contributed by atoms with Crippen molar-refractivity contribution in [2.45, 2.75) is 0 Å². The minimum Gasteiger partial charge on any atom is -0.408 e. The van der Waals surface area contributed by atoms with E-state index in [-0.39, 0.29) is 0 Å². The van der Waals surface area contributed by atoms with Crippen LogP contribution < -0.4 is 10.5 Å². The third kappa shape index (κ3) is 2.63. The summed E-state index contributed by atoms with van der Waals surface area (Å²) in [5.41, 5.74) is 6.07. The lowest BCUT2D eigenvalue weighted by atomic mass is 10.3. The third-order valence-corrected chi connectivity index (χ3v) is 2.03. The van der Waals surface area contributed by atoms with Gasteiger partial charge in [0, 0.05) is 18.6 Å². The van der Waals surface area contributed by atoms with Crippen molar-refractivity contribution in [2.75, 3.05) is 19.8 Å². The molecule has 0 aliphatic carbocycles. The fraction of sp³-hybridized carbons (Fsp3) is 0.222. The van der Waals surface area contributed by atoms with Crippen molar-refractivity contribution in [1.82, 2.24) is 4.90 Å². The second kappa shape index (κ2) is 4.32. The molecule has 1 amide bonds. The van der Waals surface area contributed by atoms with Gasteiger partial charge in [-0.3, -0.25) is 0 Å². The van der Waals surface area contributed by atoms with Crippen LogP contribution in [0.1, 0.15) is 0 Å². The molecule has 0 aliphatic heterocycles. The molecule has 5 heteroatoms. The van der Waals surface area contributed by atoms with Gasteiger partial charge in [-0.05, 0) is 18.2 Å².